The smallest absolute Gasteiger partial charge is 0.253 e. The van der Waals surface area contributed by atoms with Gasteiger partial charge in [0, 0.05) is 38.3 Å². The zero-order chi connectivity index (χ0) is 23.5. The van der Waals surface area contributed by atoms with Crippen molar-refractivity contribution in [1.82, 2.24) is 19.9 Å². The number of thiazole rings is 1. The molecule has 0 aromatic carbocycles. The standard InChI is InChI=1S/C26H24N4OS3/c1-3-19-12-18(8-9-27-19)26-29-23(16-34-26)24-13-22(25(31)28-14-20-6-4-10-32-20)17(2)30(24)15-21-7-5-11-33-21/h4-13,16H,3,14-15H2,1-2H3,(H,28,31). The van der Waals surface area contributed by atoms with Gasteiger partial charge in [-0.15, -0.1) is 34.0 Å². The fraction of sp³-hybridized carbons (Fsp3) is 0.192. The Morgan fingerprint density at radius 1 is 1.06 bits per heavy atom. The highest BCUT2D eigenvalue weighted by Gasteiger charge is 2.21. The number of hydrogen-bond donors (Lipinski definition) is 1. The molecule has 5 aromatic heterocycles. The molecule has 0 aliphatic carbocycles. The molecular weight excluding hydrogens is 481 g/mol. The molecular formula is C26H24N4OS3. The molecule has 0 bridgehead atoms. The van der Waals surface area contributed by atoms with E-state index in [0.717, 1.165) is 44.6 Å². The van der Waals surface area contributed by atoms with Gasteiger partial charge in [-0.1, -0.05) is 19.1 Å². The minimum atomic E-state index is -0.0609. The van der Waals surface area contributed by atoms with Gasteiger partial charge >= 0.3 is 0 Å². The molecule has 8 heteroatoms. The zero-order valence-electron chi connectivity index (χ0n) is 18.9. The second-order valence-corrected chi connectivity index (χ2v) is 10.8. The number of nitrogens with zero attached hydrogens (tertiary/aromatic N) is 3. The molecule has 0 saturated heterocycles. The third-order valence-corrected chi connectivity index (χ3v) is 8.33. The summed E-state index contributed by atoms with van der Waals surface area (Å²) in [6, 6.07) is 14.3. The van der Waals surface area contributed by atoms with Crippen LogP contribution in [0.5, 0.6) is 0 Å². The number of carbonyl (C=O) groups excluding carboxylic acids is 1. The van der Waals surface area contributed by atoms with Crippen LogP contribution in [0.15, 0.2) is 64.8 Å². The molecule has 5 heterocycles. The van der Waals surface area contributed by atoms with Gasteiger partial charge in [0.15, 0.2) is 0 Å². The van der Waals surface area contributed by atoms with E-state index in [2.05, 4.69) is 50.8 Å². The van der Waals surface area contributed by atoms with Crippen molar-refractivity contribution in [1.29, 1.82) is 0 Å². The second-order valence-electron chi connectivity index (χ2n) is 7.88. The third kappa shape index (κ3) is 4.75. The SMILES string of the molecule is CCc1cc(-c2nc(-c3cc(C(=O)NCc4cccs4)c(C)n3Cc3cccs3)cs2)ccn1. The Hall–Kier alpha value is -3.07. The van der Waals surface area contributed by atoms with Gasteiger partial charge < -0.3 is 9.88 Å². The molecule has 0 radical (unpaired) electrons. The first-order valence-corrected chi connectivity index (χ1v) is 13.7. The van der Waals surface area contributed by atoms with Crippen molar-refractivity contribution >= 4 is 39.9 Å². The highest BCUT2D eigenvalue weighted by molar-refractivity contribution is 7.13. The average molecular weight is 505 g/mol. The fourth-order valence-corrected chi connectivity index (χ4v) is 6.00. The summed E-state index contributed by atoms with van der Waals surface area (Å²) in [6.45, 7) is 5.36. The number of carbonyl (C=O) groups is 1. The minimum Gasteiger partial charge on any atom is -0.347 e. The van der Waals surface area contributed by atoms with Crippen molar-refractivity contribution < 1.29 is 4.79 Å². The Morgan fingerprint density at radius 3 is 2.59 bits per heavy atom. The molecule has 1 amide bonds. The van der Waals surface area contributed by atoms with Crippen molar-refractivity contribution in [3.05, 3.63) is 91.5 Å². The van der Waals surface area contributed by atoms with Gasteiger partial charge in [0.25, 0.3) is 5.91 Å². The summed E-state index contributed by atoms with van der Waals surface area (Å²) >= 11 is 4.98. The van der Waals surface area contributed by atoms with Crippen LogP contribution in [0, 0.1) is 6.92 Å². The van der Waals surface area contributed by atoms with Gasteiger partial charge in [0.1, 0.15) is 5.01 Å². The highest BCUT2D eigenvalue weighted by Crippen LogP contribution is 2.32. The number of aryl methyl sites for hydroxylation is 1. The maximum atomic E-state index is 13.1. The van der Waals surface area contributed by atoms with E-state index >= 15 is 0 Å². The van der Waals surface area contributed by atoms with E-state index in [1.54, 1.807) is 34.0 Å². The first-order chi connectivity index (χ1) is 16.6. The molecule has 5 nitrogen and oxygen atoms in total. The van der Waals surface area contributed by atoms with Gasteiger partial charge in [-0.3, -0.25) is 9.78 Å². The molecule has 0 unspecified atom stereocenters. The summed E-state index contributed by atoms with van der Waals surface area (Å²) in [6.07, 6.45) is 2.73. The largest absolute Gasteiger partial charge is 0.347 e. The third-order valence-electron chi connectivity index (χ3n) is 5.70. The lowest BCUT2D eigenvalue weighted by atomic mass is 10.2. The first kappa shape index (κ1) is 22.7. The Kier molecular flexibility index (Phi) is 6.71. The molecule has 0 saturated carbocycles. The quantitative estimate of drug-likeness (QED) is 0.257. The highest BCUT2D eigenvalue weighted by atomic mass is 32.1. The summed E-state index contributed by atoms with van der Waals surface area (Å²) in [5.41, 5.74) is 5.60. The summed E-state index contributed by atoms with van der Waals surface area (Å²) in [5.74, 6) is -0.0609. The molecule has 0 aliphatic heterocycles. The average Bonchev–Trinajstić information content (AvgIpc) is 3.66. The maximum Gasteiger partial charge on any atom is 0.253 e. The Morgan fingerprint density at radius 2 is 1.85 bits per heavy atom. The molecule has 5 aromatic rings. The van der Waals surface area contributed by atoms with E-state index in [9.17, 15) is 4.79 Å². The van der Waals surface area contributed by atoms with Crippen LogP contribution in [0.4, 0.5) is 0 Å². The number of thiophene rings is 2. The van der Waals surface area contributed by atoms with Crippen LogP contribution in [0.1, 0.15) is 38.4 Å². The minimum absolute atomic E-state index is 0.0609. The van der Waals surface area contributed by atoms with Gasteiger partial charge in [-0.05, 0) is 54.4 Å². The van der Waals surface area contributed by atoms with Crippen LogP contribution in [-0.2, 0) is 19.5 Å². The van der Waals surface area contributed by atoms with Crippen LogP contribution in [0.2, 0.25) is 0 Å². The Bertz CT molecular complexity index is 1400. The fourth-order valence-electron chi connectivity index (χ4n) is 3.85. The zero-order valence-corrected chi connectivity index (χ0v) is 21.4. The first-order valence-electron chi connectivity index (χ1n) is 11.1. The van der Waals surface area contributed by atoms with E-state index < -0.39 is 0 Å². The van der Waals surface area contributed by atoms with Crippen LogP contribution in [0.3, 0.4) is 0 Å². The lowest BCUT2D eigenvalue weighted by Gasteiger charge is -2.10. The predicted molar refractivity (Wildman–Crippen MR) is 142 cm³/mol. The van der Waals surface area contributed by atoms with Gasteiger partial charge in [-0.2, -0.15) is 0 Å². The lowest BCUT2D eigenvalue weighted by molar-refractivity contribution is 0.0950. The topological polar surface area (TPSA) is 59.8 Å². The molecule has 0 atom stereocenters. The summed E-state index contributed by atoms with van der Waals surface area (Å²) in [4.78, 5) is 24.9. The number of pyridine rings is 1. The monoisotopic (exact) mass is 504 g/mol. The van der Waals surface area contributed by atoms with Crippen molar-refractivity contribution in [2.75, 3.05) is 0 Å². The maximum absolute atomic E-state index is 13.1. The summed E-state index contributed by atoms with van der Waals surface area (Å²) in [5, 5.41) is 10.2. The van der Waals surface area contributed by atoms with Crippen molar-refractivity contribution in [2.24, 2.45) is 0 Å². The van der Waals surface area contributed by atoms with Crippen LogP contribution < -0.4 is 5.32 Å². The van der Waals surface area contributed by atoms with Gasteiger partial charge in [0.2, 0.25) is 0 Å². The molecule has 0 fully saturated rings. The number of nitrogens with one attached hydrogen (secondary N) is 1. The van der Waals surface area contributed by atoms with Crippen molar-refractivity contribution in [2.45, 2.75) is 33.4 Å². The van der Waals surface area contributed by atoms with E-state index in [-0.39, 0.29) is 5.91 Å². The van der Waals surface area contributed by atoms with E-state index in [1.807, 2.05) is 42.8 Å². The van der Waals surface area contributed by atoms with Crippen LogP contribution in [-0.4, -0.2) is 20.4 Å². The Balaban J connectivity index is 1.49. The Labute approximate surface area is 210 Å². The number of amides is 1. The number of hydrogen-bond acceptors (Lipinski definition) is 6. The van der Waals surface area contributed by atoms with Crippen LogP contribution >= 0.6 is 34.0 Å². The molecule has 0 spiro atoms. The number of rotatable bonds is 8. The lowest BCUT2D eigenvalue weighted by Crippen LogP contribution is -2.22. The molecule has 1 N–H and O–H groups in total. The van der Waals surface area contributed by atoms with E-state index in [1.165, 1.54) is 4.88 Å². The normalized spacial score (nSPS) is 11.1. The second kappa shape index (κ2) is 10.0. The van der Waals surface area contributed by atoms with Gasteiger partial charge in [0.05, 0.1) is 30.0 Å². The molecule has 5 rings (SSSR count). The molecule has 0 aliphatic rings. The van der Waals surface area contributed by atoms with E-state index in [4.69, 9.17) is 4.98 Å². The van der Waals surface area contributed by atoms with Crippen molar-refractivity contribution in [3.8, 4) is 22.0 Å². The summed E-state index contributed by atoms with van der Waals surface area (Å²) in [7, 11) is 0. The summed E-state index contributed by atoms with van der Waals surface area (Å²) < 4.78 is 2.20. The van der Waals surface area contributed by atoms with Gasteiger partial charge in [-0.25, -0.2) is 4.98 Å². The van der Waals surface area contributed by atoms with Crippen LogP contribution in [0.25, 0.3) is 22.0 Å². The predicted octanol–water partition coefficient (Wildman–Crippen LogP) is 6.65. The number of aromatic nitrogens is 3. The molecule has 172 valence electrons. The molecule has 34 heavy (non-hydrogen) atoms. The van der Waals surface area contributed by atoms with E-state index in [0.29, 0.717) is 18.7 Å². The van der Waals surface area contributed by atoms with Crippen molar-refractivity contribution in [3.63, 3.8) is 0 Å².